The quantitative estimate of drug-likeness (QED) is 0.594. The summed E-state index contributed by atoms with van der Waals surface area (Å²) in [5, 5.41) is 12.2. The average molecular weight is 485 g/mol. The Hall–Kier alpha value is -3.04. The van der Waals surface area contributed by atoms with Crippen molar-refractivity contribution >= 4 is 29.7 Å². The Morgan fingerprint density at radius 1 is 1.15 bits per heavy atom. The highest BCUT2D eigenvalue weighted by Crippen LogP contribution is 2.44. The molecular weight excluding hydrogens is 456 g/mol. The summed E-state index contributed by atoms with van der Waals surface area (Å²) in [5.41, 5.74) is 4.47. The van der Waals surface area contributed by atoms with Crippen molar-refractivity contribution < 1.29 is 29.0 Å². The van der Waals surface area contributed by atoms with Gasteiger partial charge in [0.2, 0.25) is 5.91 Å². The Labute approximate surface area is 202 Å². The van der Waals surface area contributed by atoms with Gasteiger partial charge in [0.1, 0.15) is 12.6 Å². The van der Waals surface area contributed by atoms with Gasteiger partial charge in [-0.05, 0) is 40.7 Å². The first-order valence-electron chi connectivity index (χ1n) is 11.2. The molecule has 1 aliphatic heterocycles. The maximum absolute atomic E-state index is 13.2. The Morgan fingerprint density at radius 2 is 1.79 bits per heavy atom. The summed E-state index contributed by atoms with van der Waals surface area (Å²) in [4.78, 5) is 38.8. The maximum atomic E-state index is 13.2. The number of carbonyl (C=O) groups excluding carboxylic acids is 2. The molecule has 0 bridgehead atoms. The monoisotopic (exact) mass is 484 g/mol. The molecule has 1 unspecified atom stereocenters. The van der Waals surface area contributed by atoms with Crippen molar-refractivity contribution in [1.29, 1.82) is 0 Å². The number of carboxylic acids is 1. The molecular formula is C25H28N2O6S. The lowest BCUT2D eigenvalue weighted by Crippen LogP contribution is -2.58. The molecule has 2 amide bonds. The number of hydrogen-bond acceptors (Lipinski definition) is 6. The van der Waals surface area contributed by atoms with Crippen LogP contribution < -0.4 is 5.32 Å². The average Bonchev–Trinajstić information content (AvgIpc) is 3.18. The van der Waals surface area contributed by atoms with E-state index in [1.54, 1.807) is 11.8 Å². The van der Waals surface area contributed by atoms with Gasteiger partial charge < -0.3 is 24.8 Å². The Balaban J connectivity index is 1.44. The highest BCUT2D eigenvalue weighted by atomic mass is 32.2. The smallest absolute Gasteiger partial charge is 0.407 e. The van der Waals surface area contributed by atoms with E-state index in [-0.39, 0.29) is 32.3 Å². The standard InChI is InChI=1S/C25H28N2O6S/c1-34-13-10-21(23(28)27-11-12-32-15-22(27)24(29)30)26-25(31)33-14-20-18-8-4-2-6-16(18)17-7-3-5-9-19(17)20/h2-9,20-22H,10-15H2,1H3,(H,26,31)(H,29,30)/t21-,22?/m1/s1. The van der Waals surface area contributed by atoms with Crippen LogP contribution in [0.4, 0.5) is 4.79 Å². The zero-order valence-corrected chi connectivity index (χ0v) is 19.8. The third-order valence-electron chi connectivity index (χ3n) is 6.24. The number of benzene rings is 2. The number of carboxylic acid groups (broad SMARTS) is 1. The van der Waals surface area contributed by atoms with Gasteiger partial charge in [-0.2, -0.15) is 11.8 Å². The summed E-state index contributed by atoms with van der Waals surface area (Å²) in [6, 6.07) is 14.2. The number of nitrogens with one attached hydrogen (secondary N) is 1. The number of hydrogen-bond donors (Lipinski definition) is 2. The molecule has 0 radical (unpaired) electrons. The van der Waals surface area contributed by atoms with Gasteiger partial charge in [-0.3, -0.25) is 4.79 Å². The Bertz CT molecular complexity index is 1020. The highest BCUT2D eigenvalue weighted by molar-refractivity contribution is 7.98. The van der Waals surface area contributed by atoms with Gasteiger partial charge in [0.25, 0.3) is 0 Å². The minimum Gasteiger partial charge on any atom is -0.480 e. The molecule has 0 spiro atoms. The maximum Gasteiger partial charge on any atom is 0.407 e. The summed E-state index contributed by atoms with van der Waals surface area (Å²) < 4.78 is 10.8. The normalized spacial score (nSPS) is 18.0. The minimum atomic E-state index is -1.13. The largest absolute Gasteiger partial charge is 0.480 e. The molecule has 2 aromatic carbocycles. The fourth-order valence-corrected chi connectivity index (χ4v) is 5.02. The third-order valence-corrected chi connectivity index (χ3v) is 6.89. The SMILES string of the molecule is CSCC[C@@H](NC(=O)OCC1c2ccccc2-c2ccccc21)C(=O)N1CCOCC1C(=O)O. The molecule has 2 atom stereocenters. The van der Waals surface area contributed by atoms with E-state index in [1.807, 2.05) is 42.7 Å². The molecule has 2 aliphatic rings. The van der Waals surface area contributed by atoms with Crippen LogP contribution in [-0.4, -0.2) is 78.4 Å². The number of morpholine rings is 1. The molecule has 1 heterocycles. The zero-order chi connectivity index (χ0) is 24.1. The molecule has 1 fully saturated rings. The second-order valence-corrected chi connectivity index (χ2v) is 9.25. The number of thioether (sulfide) groups is 1. The van der Waals surface area contributed by atoms with Crippen LogP contribution in [-0.2, 0) is 19.1 Å². The molecule has 1 saturated heterocycles. The van der Waals surface area contributed by atoms with Crippen LogP contribution in [0.25, 0.3) is 11.1 Å². The van der Waals surface area contributed by atoms with Crippen molar-refractivity contribution in [3.05, 3.63) is 59.7 Å². The lowest BCUT2D eigenvalue weighted by Gasteiger charge is -2.35. The molecule has 2 N–H and O–H groups in total. The van der Waals surface area contributed by atoms with E-state index in [2.05, 4.69) is 17.4 Å². The van der Waals surface area contributed by atoms with Crippen LogP contribution in [0, 0.1) is 0 Å². The van der Waals surface area contributed by atoms with Gasteiger partial charge in [0, 0.05) is 12.5 Å². The zero-order valence-electron chi connectivity index (χ0n) is 18.9. The summed E-state index contributed by atoms with van der Waals surface area (Å²) in [6.07, 6.45) is 1.58. The third kappa shape index (κ3) is 5.05. The minimum absolute atomic E-state index is 0.0682. The van der Waals surface area contributed by atoms with E-state index in [1.165, 1.54) is 4.90 Å². The number of aliphatic carboxylic acids is 1. The summed E-state index contributed by atoms with van der Waals surface area (Å²) in [6.45, 7) is 0.494. The second-order valence-electron chi connectivity index (χ2n) is 8.26. The van der Waals surface area contributed by atoms with Crippen LogP contribution in [0.1, 0.15) is 23.5 Å². The van der Waals surface area contributed by atoms with E-state index in [0.29, 0.717) is 12.2 Å². The van der Waals surface area contributed by atoms with Crippen LogP contribution in [0.15, 0.2) is 48.5 Å². The fourth-order valence-electron chi connectivity index (χ4n) is 4.55. The number of fused-ring (bicyclic) bond motifs is 3. The van der Waals surface area contributed by atoms with Crippen molar-refractivity contribution in [2.75, 3.05) is 38.4 Å². The molecule has 180 valence electrons. The van der Waals surface area contributed by atoms with Crippen LogP contribution >= 0.6 is 11.8 Å². The van der Waals surface area contributed by atoms with Gasteiger partial charge >= 0.3 is 12.1 Å². The first-order chi connectivity index (χ1) is 16.5. The molecule has 0 aromatic heterocycles. The molecule has 8 nitrogen and oxygen atoms in total. The summed E-state index contributed by atoms with van der Waals surface area (Å²) in [5.74, 6) is -1.02. The molecule has 9 heteroatoms. The predicted molar refractivity (Wildman–Crippen MR) is 129 cm³/mol. The lowest BCUT2D eigenvalue weighted by molar-refractivity contribution is -0.159. The fraction of sp³-hybridized carbons (Fsp3) is 0.400. The number of amides is 2. The first kappa shape index (κ1) is 24.1. The number of rotatable bonds is 8. The van der Waals surface area contributed by atoms with E-state index >= 15 is 0 Å². The predicted octanol–water partition coefficient (Wildman–Crippen LogP) is 2.96. The number of carbonyl (C=O) groups is 3. The first-order valence-corrected chi connectivity index (χ1v) is 12.6. The second kappa shape index (κ2) is 10.9. The van der Waals surface area contributed by atoms with Gasteiger partial charge in [-0.15, -0.1) is 0 Å². The van der Waals surface area contributed by atoms with Crippen LogP contribution in [0.2, 0.25) is 0 Å². The van der Waals surface area contributed by atoms with E-state index in [4.69, 9.17) is 9.47 Å². The van der Waals surface area contributed by atoms with E-state index in [9.17, 15) is 19.5 Å². The van der Waals surface area contributed by atoms with Gasteiger partial charge in [0.05, 0.1) is 13.2 Å². The van der Waals surface area contributed by atoms with E-state index in [0.717, 1.165) is 22.3 Å². The molecule has 4 rings (SSSR count). The number of nitrogens with zero attached hydrogens (tertiary/aromatic N) is 1. The van der Waals surface area contributed by atoms with Crippen molar-refractivity contribution in [3.8, 4) is 11.1 Å². The van der Waals surface area contributed by atoms with Gasteiger partial charge in [-0.1, -0.05) is 48.5 Å². The molecule has 1 aliphatic carbocycles. The lowest BCUT2D eigenvalue weighted by atomic mass is 9.98. The number of alkyl carbamates (subject to hydrolysis) is 1. The molecule has 0 saturated carbocycles. The van der Waals surface area contributed by atoms with Crippen molar-refractivity contribution in [3.63, 3.8) is 0 Å². The van der Waals surface area contributed by atoms with Crippen molar-refractivity contribution in [2.45, 2.75) is 24.4 Å². The summed E-state index contributed by atoms with van der Waals surface area (Å²) >= 11 is 1.54. The van der Waals surface area contributed by atoms with Crippen LogP contribution in [0.5, 0.6) is 0 Å². The van der Waals surface area contributed by atoms with Gasteiger partial charge in [0.15, 0.2) is 6.04 Å². The van der Waals surface area contributed by atoms with E-state index < -0.39 is 30.1 Å². The van der Waals surface area contributed by atoms with Crippen molar-refractivity contribution in [2.24, 2.45) is 0 Å². The number of ether oxygens (including phenoxy) is 2. The summed E-state index contributed by atoms with van der Waals surface area (Å²) in [7, 11) is 0. The van der Waals surface area contributed by atoms with Crippen molar-refractivity contribution in [1.82, 2.24) is 10.2 Å². The Kier molecular flexibility index (Phi) is 7.74. The topological polar surface area (TPSA) is 105 Å². The van der Waals surface area contributed by atoms with Crippen LogP contribution in [0.3, 0.4) is 0 Å². The van der Waals surface area contributed by atoms with Gasteiger partial charge in [-0.25, -0.2) is 9.59 Å². The molecule has 2 aromatic rings. The molecule has 34 heavy (non-hydrogen) atoms. The Morgan fingerprint density at radius 3 is 2.41 bits per heavy atom. The highest BCUT2D eigenvalue weighted by Gasteiger charge is 2.37.